The minimum absolute atomic E-state index is 0.217. The van der Waals surface area contributed by atoms with Gasteiger partial charge in [0.15, 0.2) is 0 Å². The molecule has 5 heteroatoms. The predicted octanol–water partition coefficient (Wildman–Crippen LogP) is 2.05. The fraction of sp³-hybridized carbons (Fsp3) is 0.667. The van der Waals surface area contributed by atoms with Gasteiger partial charge in [0.2, 0.25) is 5.91 Å². The van der Waals surface area contributed by atoms with Crippen molar-refractivity contribution in [3.63, 3.8) is 0 Å². The largest absolute Gasteiger partial charge is 0.343 e. The zero-order valence-electron chi connectivity index (χ0n) is 10.8. The number of hydrogen-bond acceptors (Lipinski definition) is 4. The van der Waals surface area contributed by atoms with Crippen LogP contribution >= 0.6 is 11.3 Å². The Kier molecular flexibility index (Phi) is 6.15. The van der Waals surface area contributed by atoms with Crippen molar-refractivity contribution in [1.82, 2.24) is 15.2 Å². The standard InChI is InChI=1S/C12H21N3OS/c1-4-15(5-2)11(16)6-7-13-10(3)12-14-8-9-17-12/h8-10,13H,4-7H2,1-3H3. The summed E-state index contributed by atoms with van der Waals surface area (Å²) < 4.78 is 0. The van der Waals surface area contributed by atoms with Crippen LogP contribution in [0.15, 0.2) is 11.6 Å². The molecule has 1 heterocycles. The van der Waals surface area contributed by atoms with Crippen LogP contribution in [0.4, 0.5) is 0 Å². The second-order valence-electron chi connectivity index (χ2n) is 3.86. The highest BCUT2D eigenvalue weighted by atomic mass is 32.1. The van der Waals surface area contributed by atoms with Gasteiger partial charge in [-0.1, -0.05) is 0 Å². The summed E-state index contributed by atoms with van der Waals surface area (Å²) in [6, 6.07) is 0.222. The van der Waals surface area contributed by atoms with Crippen molar-refractivity contribution >= 4 is 17.2 Å². The summed E-state index contributed by atoms with van der Waals surface area (Å²) in [6.45, 7) is 8.37. The average molecular weight is 255 g/mol. The molecule has 96 valence electrons. The Labute approximate surface area is 107 Å². The lowest BCUT2D eigenvalue weighted by Gasteiger charge is -2.19. The van der Waals surface area contributed by atoms with E-state index in [1.54, 1.807) is 17.5 Å². The molecule has 0 aromatic carbocycles. The Bertz CT molecular complexity index is 323. The summed E-state index contributed by atoms with van der Waals surface area (Å²) in [7, 11) is 0. The molecule has 1 atom stereocenters. The molecule has 0 radical (unpaired) electrons. The van der Waals surface area contributed by atoms with Crippen LogP contribution < -0.4 is 5.32 Å². The number of hydrogen-bond donors (Lipinski definition) is 1. The molecule has 0 aliphatic carbocycles. The third-order valence-electron chi connectivity index (χ3n) is 2.73. The normalized spacial score (nSPS) is 12.4. The first-order chi connectivity index (χ1) is 8.19. The molecule has 1 N–H and O–H groups in total. The third-order valence-corrected chi connectivity index (χ3v) is 3.69. The molecule has 0 saturated heterocycles. The topological polar surface area (TPSA) is 45.2 Å². The highest BCUT2D eigenvalue weighted by Gasteiger charge is 2.11. The monoisotopic (exact) mass is 255 g/mol. The molecule has 4 nitrogen and oxygen atoms in total. The lowest BCUT2D eigenvalue weighted by Crippen LogP contribution is -2.33. The van der Waals surface area contributed by atoms with Crippen molar-refractivity contribution in [2.45, 2.75) is 33.2 Å². The van der Waals surface area contributed by atoms with E-state index in [2.05, 4.69) is 17.2 Å². The van der Waals surface area contributed by atoms with E-state index in [1.807, 2.05) is 24.1 Å². The van der Waals surface area contributed by atoms with E-state index in [0.717, 1.165) is 18.1 Å². The number of carbonyl (C=O) groups excluding carboxylic acids is 1. The van der Waals surface area contributed by atoms with Crippen molar-refractivity contribution in [3.05, 3.63) is 16.6 Å². The minimum atomic E-state index is 0.217. The van der Waals surface area contributed by atoms with Crippen LogP contribution in [0.2, 0.25) is 0 Å². The van der Waals surface area contributed by atoms with Gasteiger partial charge in [0, 0.05) is 37.6 Å². The molecule has 0 aliphatic rings. The van der Waals surface area contributed by atoms with Crippen LogP contribution in [0.3, 0.4) is 0 Å². The zero-order chi connectivity index (χ0) is 12.7. The summed E-state index contributed by atoms with van der Waals surface area (Å²) in [5.74, 6) is 0.217. The Balaban J connectivity index is 2.26. The van der Waals surface area contributed by atoms with Crippen LogP contribution in [-0.2, 0) is 4.79 Å². The van der Waals surface area contributed by atoms with E-state index in [0.29, 0.717) is 13.0 Å². The van der Waals surface area contributed by atoms with Crippen LogP contribution in [0.25, 0.3) is 0 Å². The molecule has 1 aromatic heterocycles. The third kappa shape index (κ3) is 4.44. The molecule has 1 rings (SSSR count). The average Bonchev–Trinajstić information content (AvgIpc) is 2.84. The summed E-state index contributed by atoms with van der Waals surface area (Å²) in [5.41, 5.74) is 0. The molecule has 1 aromatic rings. The first-order valence-corrected chi connectivity index (χ1v) is 6.97. The molecule has 17 heavy (non-hydrogen) atoms. The maximum Gasteiger partial charge on any atom is 0.223 e. The Hall–Kier alpha value is -0.940. The van der Waals surface area contributed by atoms with Gasteiger partial charge in [-0.3, -0.25) is 4.79 Å². The Morgan fingerprint density at radius 2 is 2.24 bits per heavy atom. The molecule has 0 saturated carbocycles. The van der Waals surface area contributed by atoms with Crippen LogP contribution in [0.1, 0.15) is 38.2 Å². The van der Waals surface area contributed by atoms with Gasteiger partial charge < -0.3 is 10.2 Å². The summed E-state index contributed by atoms with van der Waals surface area (Å²) in [5, 5.41) is 6.36. The number of amides is 1. The summed E-state index contributed by atoms with van der Waals surface area (Å²) in [4.78, 5) is 17.8. The number of carbonyl (C=O) groups is 1. The van der Waals surface area contributed by atoms with Crippen molar-refractivity contribution < 1.29 is 4.79 Å². The van der Waals surface area contributed by atoms with Gasteiger partial charge in [0.05, 0.1) is 6.04 Å². The Morgan fingerprint density at radius 1 is 1.53 bits per heavy atom. The lowest BCUT2D eigenvalue weighted by molar-refractivity contribution is -0.130. The zero-order valence-corrected chi connectivity index (χ0v) is 11.6. The van der Waals surface area contributed by atoms with E-state index >= 15 is 0 Å². The van der Waals surface area contributed by atoms with Gasteiger partial charge in [-0.05, 0) is 20.8 Å². The van der Waals surface area contributed by atoms with Gasteiger partial charge in [0.25, 0.3) is 0 Å². The highest BCUT2D eigenvalue weighted by Crippen LogP contribution is 2.14. The van der Waals surface area contributed by atoms with Crippen molar-refractivity contribution in [2.75, 3.05) is 19.6 Å². The van der Waals surface area contributed by atoms with E-state index in [1.165, 1.54) is 0 Å². The fourth-order valence-corrected chi connectivity index (χ4v) is 2.34. The molecule has 0 fully saturated rings. The van der Waals surface area contributed by atoms with Crippen LogP contribution in [-0.4, -0.2) is 35.4 Å². The van der Waals surface area contributed by atoms with Crippen molar-refractivity contribution in [1.29, 1.82) is 0 Å². The first kappa shape index (κ1) is 14.1. The molecule has 0 spiro atoms. The number of aromatic nitrogens is 1. The van der Waals surface area contributed by atoms with Gasteiger partial charge in [0.1, 0.15) is 5.01 Å². The summed E-state index contributed by atoms with van der Waals surface area (Å²) >= 11 is 1.64. The first-order valence-electron chi connectivity index (χ1n) is 6.09. The smallest absolute Gasteiger partial charge is 0.223 e. The van der Waals surface area contributed by atoms with E-state index in [4.69, 9.17) is 0 Å². The van der Waals surface area contributed by atoms with Crippen molar-refractivity contribution in [3.8, 4) is 0 Å². The quantitative estimate of drug-likeness (QED) is 0.811. The molecular formula is C12H21N3OS. The van der Waals surface area contributed by atoms with E-state index in [-0.39, 0.29) is 11.9 Å². The SMILES string of the molecule is CCN(CC)C(=O)CCNC(C)c1nccs1. The number of nitrogens with zero attached hydrogens (tertiary/aromatic N) is 2. The second-order valence-corrected chi connectivity index (χ2v) is 4.79. The fourth-order valence-electron chi connectivity index (χ4n) is 1.67. The minimum Gasteiger partial charge on any atom is -0.343 e. The summed E-state index contributed by atoms with van der Waals surface area (Å²) in [6.07, 6.45) is 2.36. The van der Waals surface area contributed by atoms with Gasteiger partial charge >= 0.3 is 0 Å². The molecule has 0 bridgehead atoms. The Morgan fingerprint density at radius 3 is 2.76 bits per heavy atom. The van der Waals surface area contributed by atoms with Gasteiger partial charge in [-0.25, -0.2) is 4.98 Å². The van der Waals surface area contributed by atoms with Crippen LogP contribution in [0.5, 0.6) is 0 Å². The number of thiazole rings is 1. The lowest BCUT2D eigenvalue weighted by atomic mass is 10.3. The van der Waals surface area contributed by atoms with E-state index < -0.39 is 0 Å². The molecule has 1 amide bonds. The maximum absolute atomic E-state index is 11.7. The molecule has 1 unspecified atom stereocenters. The second kappa shape index (κ2) is 7.40. The maximum atomic E-state index is 11.7. The van der Waals surface area contributed by atoms with Crippen LogP contribution in [0, 0.1) is 0 Å². The molecule has 0 aliphatic heterocycles. The molecular weight excluding hydrogens is 234 g/mol. The van der Waals surface area contributed by atoms with Crippen molar-refractivity contribution in [2.24, 2.45) is 0 Å². The van der Waals surface area contributed by atoms with Gasteiger partial charge in [-0.2, -0.15) is 0 Å². The predicted molar refractivity (Wildman–Crippen MR) is 71.1 cm³/mol. The number of rotatable bonds is 7. The van der Waals surface area contributed by atoms with E-state index in [9.17, 15) is 4.79 Å². The van der Waals surface area contributed by atoms with Gasteiger partial charge in [-0.15, -0.1) is 11.3 Å². The highest BCUT2D eigenvalue weighted by molar-refractivity contribution is 7.09. The number of nitrogens with one attached hydrogen (secondary N) is 1.